The summed E-state index contributed by atoms with van der Waals surface area (Å²) in [4.78, 5) is 0. The molecule has 2 aromatic heterocycles. The standard InChI is InChI=1S/C11H9N3O2/c15-6-7-5-10(16-14-7)11-8-3-1-2-4-9(8)12-13-11/h1-5,15H,6H2,(H,12,13). The van der Waals surface area contributed by atoms with Crippen LogP contribution >= 0.6 is 0 Å². The Balaban J connectivity index is 2.18. The third kappa shape index (κ3) is 1.30. The van der Waals surface area contributed by atoms with Crippen LogP contribution in [0, 0.1) is 0 Å². The van der Waals surface area contributed by atoms with E-state index in [9.17, 15) is 0 Å². The number of H-pyrrole nitrogens is 1. The zero-order valence-corrected chi connectivity index (χ0v) is 8.34. The highest BCUT2D eigenvalue weighted by atomic mass is 16.5. The molecule has 0 aliphatic carbocycles. The quantitative estimate of drug-likeness (QED) is 0.682. The average molecular weight is 215 g/mol. The normalized spacial score (nSPS) is 11.1. The smallest absolute Gasteiger partial charge is 0.188 e. The number of rotatable bonds is 2. The zero-order valence-electron chi connectivity index (χ0n) is 8.34. The monoisotopic (exact) mass is 215 g/mol. The minimum atomic E-state index is -0.133. The summed E-state index contributed by atoms with van der Waals surface area (Å²) < 4.78 is 5.12. The van der Waals surface area contributed by atoms with E-state index < -0.39 is 0 Å². The molecule has 0 unspecified atom stereocenters. The first-order valence-electron chi connectivity index (χ1n) is 4.88. The lowest BCUT2D eigenvalue weighted by atomic mass is 10.2. The first kappa shape index (κ1) is 9.11. The maximum absolute atomic E-state index is 8.91. The van der Waals surface area contributed by atoms with Crippen molar-refractivity contribution in [2.24, 2.45) is 0 Å². The highest BCUT2D eigenvalue weighted by Gasteiger charge is 2.12. The van der Waals surface area contributed by atoms with Crippen LogP contribution in [0.2, 0.25) is 0 Å². The van der Waals surface area contributed by atoms with Crippen molar-refractivity contribution < 1.29 is 9.63 Å². The number of aromatic amines is 1. The number of benzene rings is 1. The second kappa shape index (κ2) is 3.46. The Morgan fingerprint density at radius 2 is 2.19 bits per heavy atom. The summed E-state index contributed by atoms with van der Waals surface area (Å²) >= 11 is 0. The molecular weight excluding hydrogens is 206 g/mol. The molecule has 3 aromatic rings. The minimum Gasteiger partial charge on any atom is -0.390 e. The van der Waals surface area contributed by atoms with Crippen molar-refractivity contribution in [2.45, 2.75) is 6.61 Å². The fourth-order valence-corrected chi connectivity index (χ4v) is 1.65. The van der Waals surface area contributed by atoms with Crippen LogP contribution in [0.3, 0.4) is 0 Å². The molecular formula is C11H9N3O2. The maximum Gasteiger partial charge on any atom is 0.188 e. The van der Waals surface area contributed by atoms with Gasteiger partial charge >= 0.3 is 0 Å². The molecule has 0 atom stereocenters. The molecule has 16 heavy (non-hydrogen) atoms. The van der Waals surface area contributed by atoms with Gasteiger partial charge in [-0.3, -0.25) is 5.10 Å². The van der Waals surface area contributed by atoms with Crippen LogP contribution in [-0.4, -0.2) is 20.5 Å². The van der Waals surface area contributed by atoms with E-state index in [1.54, 1.807) is 6.07 Å². The van der Waals surface area contributed by atoms with E-state index in [2.05, 4.69) is 15.4 Å². The number of para-hydroxylation sites is 1. The van der Waals surface area contributed by atoms with Gasteiger partial charge in [-0.05, 0) is 6.07 Å². The Morgan fingerprint density at radius 1 is 1.31 bits per heavy atom. The van der Waals surface area contributed by atoms with Gasteiger partial charge in [0.05, 0.1) is 12.1 Å². The number of aromatic nitrogens is 3. The Bertz CT molecular complexity index is 627. The van der Waals surface area contributed by atoms with Crippen LogP contribution in [0.1, 0.15) is 5.69 Å². The second-order valence-corrected chi connectivity index (χ2v) is 3.46. The zero-order chi connectivity index (χ0) is 11.0. The highest BCUT2D eigenvalue weighted by molar-refractivity contribution is 5.91. The van der Waals surface area contributed by atoms with Gasteiger partial charge in [0.15, 0.2) is 5.76 Å². The number of fused-ring (bicyclic) bond motifs is 1. The van der Waals surface area contributed by atoms with Gasteiger partial charge in [-0.1, -0.05) is 23.4 Å². The molecule has 3 rings (SSSR count). The molecule has 5 nitrogen and oxygen atoms in total. The van der Waals surface area contributed by atoms with E-state index in [0.717, 1.165) is 10.9 Å². The van der Waals surface area contributed by atoms with Gasteiger partial charge in [-0.2, -0.15) is 5.10 Å². The number of hydrogen-bond donors (Lipinski definition) is 2. The van der Waals surface area contributed by atoms with Crippen molar-refractivity contribution in [3.63, 3.8) is 0 Å². The van der Waals surface area contributed by atoms with E-state index in [-0.39, 0.29) is 6.61 Å². The van der Waals surface area contributed by atoms with E-state index in [4.69, 9.17) is 9.63 Å². The van der Waals surface area contributed by atoms with Crippen molar-refractivity contribution in [3.05, 3.63) is 36.0 Å². The topological polar surface area (TPSA) is 74.9 Å². The molecule has 0 aliphatic rings. The summed E-state index contributed by atoms with van der Waals surface area (Å²) in [5.41, 5.74) is 2.16. The Hall–Kier alpha value is -2.14. The van der Waals surface area contributed by atoms with Crippen molar-refractivity contribution in [1.82, 2.24) is 15.4 Å². The molecule has 1 aromatic carbocycles. The predicted molar refractivity (Wildman–Crippen MR) is 57.5 cm³/mol. The minimum absolute atomic E-state index is 0.133. The van der Waals surface area contributed by atoms with Gasteiger partial charge in [0, 0.05) is 11.5 Å². The summed E-state index contributed by atoms with van der Waals surface area (Å²) in [6.07, 6.45) is 0. The molecule has 0 saturated carbocycles. The summed E-state index contributed by atoms with van der Waals surface area (Å²) in [5, 5.41) is 20.7. The summed E-state index contributed by atoms with van der Waals surface area (Å²) in [5.74, 6) is 0.557. The molecule has 0 fully saturated rings. The van der Waals surface area contributed by atoms with Crippen molar-refractivity contribution >= 4 is 10.9 Å². The highest BCUT2D eigenvalue weighted by Crippen LogP contribution is 2.26. The lowest BCUT2D eigenvalue weighted by Gasteiger charge is -1.89. The van der Waals surface area contributed by atoms with Crippen molar-refractivity contribution in [2.75, 3.05) is 0 Å². The predicted octanol–water partition coefficient (Wildman–Crippen LogP) is 1.71. The molecule has 0 spiro atoms. The largest absolute Gasteiger partial charge is 0.390 e. The molecule has 0 bridgehead atoms. The van der Waals surface area contributed by atoms with Gasteiger partial charge in [-0.25, -0.2) is 0 Å². The Kier molecular flexibility index (Phi) is 1.97. The first-order valence-corrected chi connectivity index (χ1v) is 4.88. The Labute approximate surface area is 90.7 Å². The molecule has 0 aliphatic heterocycles. The average Bonchev–Trinajstić information content (AvgIpc) is 2.94. The summed E-state index contributed by atoms with van der Waals surface area (Å²) in [7, 11) is 0. The first-order chi connectivity index (χ1) is 7.88. The van der Waals surface area contributed by atoms with Crippen LogP contribution in [-0.2, 0) is 6.61 Å². The summed E-state index contributed by atoms with van der Waals surface area (Å²) in [6, 6.07) is 9.45. The van der Waals surface area contributed by atoms with E-state index >= 15 is 0 Å². The van der Waals surface area contributed by atoms with Crippen LogP contribution in [0.25, 0.3) is 22.4 Å². The van der Waals surface area contributed by atoms with E-state index in [1.165, 1.54) is 0 Å². The molecule has 0 radical (unpaired) electrons. The van der Waals surface area contributed by atoms with Crippen LogP contribution < -0.4 is 0 Å². The SMILES string of the molecule is OCc1cc(-c2n[nH]c3ccccc23)on1. The fraction of sp³-hybridized carbons (Fsp3) is 0.0909. The number of aliphatic hydroxyl groups excluding tert-OH is 1. The molecule has 0 saturated heterocycles. The third-order valence-electron chi connectivity index (χ3n) is 2.42. The molecule has 0 amide bonds. The molecule has 2 N–H and O–H groups in total. The Morgan fingerprint density at radius 3 is 3.00 bits per heavy atom. The molecule has 2 heterocycles. The lowest BCUT2D eigenvalue weighted by molar-refractivity contribution is 0.267. The number of nitrogens with one attached hydrogen (secondary N) is 1. The molecule has 5 heteroatoms. The van der Waals surface area contributed by atoms with Gasteiger partial charge < -0.3 is 9.63 Å². The van der Waals surface area contributed by atoms with Crippen molar-refractivity contribution in [1.29, 1.82) is 0 Å². The number of aliphatic hydroxyl groups is 1. The van der Waals surface area contributed by atoms with Gasteiger partial charge in [0.25, 0.3) is 0 Å². The van der Waals surface area contributed by atoms with Gasteiger partial charge in [0.1, 0.15) is 11.4 Å². The fourth-order valence-electron chi connectivity index (χ4n) is 1.65. The second-order valence-electron chi connectivity index (χ2n) is 3.46. The summed E-state index contributed by atoms with van der Waals surface area (Å²) in [6.45, 7) is -0.133. The van der Waals surface area contributed by atoms with Gasteiger partial charge in [0.2, 0.25) is 0 Å². The van der Waals surface area contributed by atoms with E-state index in [0.29, 0.717) is 17.1 Å². The lowest BCUT2D eigenvalue weighted by Crippen LogP contribution is -1.78. The molecule has 80 valence electrons. The number of hydrogen-bond acceptors (Lipinski definition) is 4. The van der Waals surface area contributed by atoms with Crippen LogP contribution in [0.15, 0.2) is 34.9 Å². The van der Waals surface area contributed by atoms with Crippen LogP contribution in [0.5, 0.6) is 0 Å². The van der Waals surface area contributed by atoms with Crippen molar-refractivity contribution in [3.8, 4) is 11.5 Å². The van der Waals surface area contributed by atoms with Crippen LogP contribution in [0.4, 0.5) is 0 Å². The third-order valence-corrected chi connectivity index (χ3v) is 2.42. The van der Waals surface area contributed by atoms with E-state index in [1.807, 2.05) is 24.3 Å². The van der Waals surface area contributed by atoms with Gasteiger partial charge in [-0.15, -0.1) is 0 Å². The maximum atomic E-state index is 8.91. The number of nitrogens with zero attached hydrogens (tertiary/aromatic N) is 2.